The molecule has 3 rings (SSSR count). The normalized spacial score (nSPS) is 12.9. The molecule has 6 nitrogen and oxygen atoms in total. The number of hydrogen-bond acceptors (Lipinski definition) is 5. The molecule has 0 aliphatic carbocycles. The molecule has 0 radical (unpaired) electrons. The van der Waals surface area contributed by atoms with Gasteiger partial charge in [0, 0.05) is 17.0 Å². The number of nitrogens with zero attached hydrogens (tertiary/aromatic N) is 1. The van der Waals surface area contributed by atoms with Gasteiger partial charge in [0.2, 0.25) is 0 Å². The lowest BCUT2D eigenvalue weighted by Crippen LogP contribution is -2.33. The third-order valence-corrected chi connectivity index (χ3v) is 4.43. The van der Waals surface area contributed by atoms with Crippen molar-refractivity contribution in [2.45, 2.75) is 12.8 Å². The van der Waals surface area contributed by atoms with Gasteiger partial charge in [-0.05, 0) is 36.4 Å². The van der Waals surface area contributed by atoms with Gasteiger partial charge in [-0.15, -0.1) is 0 Å². The molecule has 1 aliphatic rings. The van der Waals surface area contributed by atoms with Crippen LogP contribution in [0, 0.1) is 0 Å². The van der Waals surface area contributed by atoms with Gasteiger partial charge in [-0.25, -0.2) is 0 Å². The minimum atomic E-state index is -0.561. The van der Waals surface area contributed by atoms with Crippen LogP contribution in [0.3, 0.4) is 0 Å². The first kappa shape index (κ1) is 18.8. The van der Waals surface area contributed by atoms with Crippen molar-refractivity contribution in [2.75, 3.05) is 13.2 Å². The van der Waals surface area contributed by atoms with E-state index >= 15 is 0 Å². The van der Waals surface area contributed by atoms with Gasteiger partial charge in [0.25, 0.3) is 11.8 Å². The number of Topliss-reactive ketones (excluding diaryl/α,β-unsaturated/α-hetero) is 1. The first-order valence-corrected chi connectivity index (χ1v) is 8.75. The molecule has 138 valence electrons. The number of ketones is 1. The third kappa shape index (κ3) is 4.23. The van der Waals surface area contributed by atoms with Crippen LogP contribution in [0.25, 0.3) is 0 Å². The summed E-state index contributed by atoms with van der Waals surface area (Å²) in [5.41, 5.74) is 1.17. The third-order valence-electron chi connectivity index (χ3n) is 4.18. The second-order valence-corrected chi connectivity index (χ2v) is 6.39. The topological polar surface area (TPSA) is 80.8 Å². The Bertz CT molecular complexity index is 872. The Balaban J connectivity index is 1.44. The van der Waals surface area contributed by atoms with E-state index in [1.807, 2.05) is 0 Å². The summed E-state index contributed by atoms with van der Waals surface area (Å²) >= 11 is 5.77. The van der Waals surface area contributed by atoms with Crippen molar-refractivity contribution in [2.24, 2.45) is 0 Å². The highest BCUT2D eigenvalue weighted by atomic mass is 35.5. The Morgan fingerprint density at radius 1 is 0.889 bits per heavy atom. The Labute approximate surface area is 160 Å². The lowest BCUT2D eigenvalue weighted by molar-refractivity contribution is -0.143. The van der Waals surface area contributed by atoms with Crippen LogP contribution in [0.1, 0.15) is 43.9 Å². The van der Waals surface area contributed by atoms with Gasteiger partial charge in [0.05, 0.1) is 24.1 Å². The molecule has 0 spiro atoms. The zero-order valence-electron chi connectivity index (χ0n) is 14.3. The maximum Gasteiger partial charge on any atom is 0.306 e. The zero-order chi connectivity index (χ0) is 19.4. The van der Waals surface area contributed by atoms with E-state index in [0.29, 0.717) is 21.7 Å². The summed E-state index contributed by atoms with van der Waals surface area (Å²) in [4.78, 5) is 49.2. The number of ether oxygens (including phenoxy) is 1. The number of carbonyl (C=O) groups excluding carboxylic acids is 4. The average Bonchev–Trinajstić information content (AvgIpc) is 2.92. The molecular formula is C20H16ClNO5. The molecule has 0 atom stereocenters. The highest BCUT2D eigenvalue weighted by Gasteiger charge is 2.34. The number of hydrogen-bond donors (Lipinski definition) is 0. The van der Waals surface area contributed by atoms with Crippen molar-refractivity contribution in [1.29, 1.82) is 0 Å². The van der Waals surface area contributed by atoms with E-state index in [9.17, 15) is 19.2 Å². The molecule has 0 unspecified atom stereocenters. The minimum absolute atomic E-state index is 0.00742. The summed E-state index contributed by atoms with van der Waals surface area (Å²) < 4.78 is 5.05. The maximum atomic E-state index is 12.2. The van der Waals surface area contributed by atoms with E-state index < -0.39 is 17.8 Å². The van der Waals surface area contributed by atoms with E-state index in [2.05, 4.69) is 0 Å². The van der Waals surface area contributed by atoms with Crippen LogP contribution >= 0.6 is 11.6 Å². The zero-order valence-corrected chi connectivity index (χ0v) is 15.1. The van der Waals surface area contributed by atoms with Gasteiger partial charge in [0.1, 0.15) is 6.61 Å². The van der Waals surface area contributed by atoms with Crippen molar-refractivity contribution in [3.05, 3.63) is 70.2 Å². The van der Waals surface area contributed by atoms with Crippen LogP contribution in [-0.2, 0) is 9.53 Å². The molecule has 0 saturated carbocycles. The van der Waals surface area contributed by atoms with Crippen molar-refractivity contribution in [1.82, 2.24) is 4.90 Å². The van der Waals surface area contributed by atoms with Crippen molar-refractivity contribution in [3.8, 4) is 0 Å². The van der Waals surface area contributed by atoms with E-state index in [1.165, 1.54) is 0 Å². The van der Waals surface area contributed by atoms with Crippen molar-refractivity contribution in [3.63, 3.8) is 0 Å². The number of fused-ring (bicyclic) bond motifs is 1. The van der Waals surface area contributed by atoms with Crippen LogP contribution in [0.4, 0.5) is 0 Å². The summed E-state index contributed by atoms with van der Waals surface area (Å²) in [6.07, 6.45) is -0.0724. The van der Waals surface area contributed by atoms with E-state index in [0.717, 1.165) is 4.90 Å². The molecule has 0 fully saturated rings. The average molecular weight is 386 g/mol. The SMILES string of the molecule is O=C(CCC(=O)c1ccc(Cl)cc1)OCCN1C(=O)c2ccccc2C1=O. The fourth-order valence-corrected chi connectivity index (χ4v) is 2.89. The molecule has 2 aromatic rings. The Morgan fingerprint density at radius 3 is 2.07 bits per heavy atom. The first-order chi connectivity index (χ1) is 13.0. The molecule has 2 aromatic carbocycles. The second kappa shape index (κ2) is 8.14. The summed E-state index contributed by atoms with van der Waals surface area (Å²) in [6.45, 7) is -0.136. The summed E-state index contributed by atoms with van der Waals surface area (Å²) in [5.74, 6) is -1.55. The monoisotopic (exact) mass is 385 g/mol. The first-order valence-electron chi connectivity index (χ1n) is 8.37. The molecule has 7 heteroatoms. The van der Waals surface area contributed by atoms with Gasteiger partial charge in [-0.1, -0.05) is 23.7 Å². The van der Waals surface area contributed by atoms with Crippen LogP contribution in [0.15, 0.2) is 48.5 Å². The molecule has 1 heterocycles. The van der Waals surface area contributed by atoms with Gasteiger partial charge < -0.3 is 4.74 Å². The number of halogens is 1. The van der Waals surface area contributed by atoms with E-state index in [4.69, 9.17) is 16.3 Å². The van der Waals surface area contributed by atoms with Crippen molar-refractivity contribution < 1.29 is 23.9 Å². The van der Waals surface area contributed by atoms with Crippen LogP contribution < -0.4 is 0 Å². The Hall–Kier alpha value is -2.99. The highest BCUT2D eigenvalue weighted by Crippen LogP contribution is 2.22. The fraction of sp³-hybridized carbons (Fsp3) is 0.200. The van der Waals surface area contributed by atoms with Gasteiger partial charge in [-0.2, -0.15) is 0 Å². The Morgan fingerprint density at radius 2 is 1.48 bits per heavy atom. The summed E-state index contributed by atoms with van der Waals surface area (Å²) in [6, 6.07) is 12.9. The molecule has 1 aliphatic heterocycles. The van der Waals surface area contributed by atoms with Crippen LogP contribution in [0.5, 0.6) is 0 Å². The smallest absolute Gasteiger partial charge is 0.306 e. The summed E-state index contributed by atoms with van der Waals surface area (Å²) in [7, 11) is 0. The Kier molecular flexibility index (Phi) is 5.66. The molecule has 0 aromatic heterocycles. The van der Waals surface area contributed by atoms with E-state index in [-0.39, 0.29) is 31.8 Å². The molecule has 27 heavy (non-hydrogen) atoms. The van der Waals surface area contributed by atoms with Crippen LogP contribution in [0.2, 0.25) is 5.02 Å². The number of benzene rings is 2. The van der Waals surface area contributed by atoms with Gasteiger partial charge in [-0.3, -0.25) is 24.1 Å². The second-order valence-electron chi connectivity index (χ2n) is 5.96. The molecule has 0 bridgehead atoms. The number of imide groups is 1. The fourth-order valence-electron chi connectivity index (χ4n) is 2.76. The van der Waals surface area contributed by atoms with Crippen LogP contribution in [-0.4, -0.2) is 41.6 Å². The van der Waals surface area contributed by atoms with Crippen molar-refractivity contribution >= 4 is 35.2 Å². The minimum Gasteiger partial charge on any atom is -0.464 e. The highest BCUT2D eigenvalue weighted by molar-refractivity contribution is 6.30. The lowest BCUT2D eigenvalue weighted by Gasteiger charge is -2.13. The standard InChI is InChI=1S/C20H16ClNO5/c21-14-7-5-13(6-8-14)17(23)9-10-18(24)27-12-11-22-19(25)15-3-1-2-4-16(15)20(22)26/h1-8H,9-12H2. The molecular weight excluding hydrogens is 370 g/mol. The number of rotatable bonds is 7. The summed E-state index contributed by atoms with van der Waals surface area (Å²) in [5, 5.41) is 0.527. The molecule has 0 saturated heterocycles. The predicted molar refractivity (Wildman–Crippen MR) is 97.8 cm³/mol. The molecule has 2 amide bonds. The van der Waals surface area contributed by atoms with Gasteiger partial charge >= 0.3 is 5.97 Å². The number of amides is 2. The number of esters is 1. The maximum absolute atomic E-state index is 12.2. The van der Waals surface area contributed by atoms with Gasteiger partial charge in [0.15, 0.2) is 5.78 Å². The lowest BCUT2D eigenvalue weighted by atomic mass is 10.1. The predicted octanol–water partition coefficient (Wildman–Crippen LogP) is 3.14. The van der Waals surface area contributed by atoms with E-state index in [1.54, 1.807) is 48.5 Å². The number of carbonyl (C=O) groups is 4. The largest absolute Gasteiger partial charge is 0.464 e. The quantitative estimate of drug-likeness (QED) is 0.415. The molecule has 0 N–H and O–H groups in total.